The number of hydrogen-bond donors (Lipinski definition) is 1. The van der Waals surface area contributed by atoms with Gasteiger partial charge in [-0.25, -0.2) is 4.98 Å². The first-order valence-corrected chi connectivity index (χ1v) is 5.96. The van der Waals surface area contributed by atoms with Crippen LogP contribution in [0.4, 0.5) is 0 Å². The zero-order chi connectivity index (χ0) is 12.3. The summed E-state index contributed by atoms with van der Waals surface area (Å²) < 4.78 is 8.03. The molecule has 1 aromatic heterocycles. The van der Waals surface area contributed by atoms with Crippen LogP contribution >= 0.6 is 15.9 Å². The molecule has 0 spiro atoms. The van der Waals surface area contributed by atoms with Crippen LogP contribution in [-0.4, -0.2) is 21.8 Å². The summed E-state index contributed by atoms with van der Waals surface area (Å²) in [6.45, 7) is 0.689. The van der Waals surface area contributed by atoms with Crippen molar-refractivity contribution in [2.75, 3.05) is 7.11 Å². The summed E-state index contributed by atoms with van der Waals surface area (Å²) in [5.74, 6) is 0.815. The average molecular weight is 297 g/mol. The summed E-state index contributed by atoms with van der Waals surface area (Å²) in [4.78, 5) is 4.06. The Morgan fingerprint density at radius 3 is 2.88 bits per heavy atom. The van der Waals surface area contributed by atoms with E-state index in [2.05, 4.69) is 20.9 Å². The highest BCUT2D eigenvalue weighted by atomic mass is 79.9. The third kappa shape index (κ3) is 2.87. The summed E-state index contributed by atoms with van der Waals surface area (Å²) in [7, 11) is 1.64. The number of aromatic nitrogens is 2. The lowest BCUT2D eigenvalue weighted by atomic mass is 10.2. The van der Waals surface area contributed by atoms with Crippen LogP contribution in [0.15, 0.2) is 35.2 Å². The smallest absolute Gasteiger partial charge is 0.133 e. The van der Waals surface area contributed by atoms with Crippen molar-refractivity contribution in [2.45, 2.75) is 13.2 Å². The Bertz CT molecular complexity index is 511. The summed E-state index contributed by atoms with van der Waals surface area (Å²) in [5, 5.41) is 8.93. The Hall–Kier alpha value is -1.33. The first kappa shape index (κ1) is 12.1. The van der Waals surface area contributed by atoms with E-state index < -0.39 is 0 Å². The Labute approximate surface area is 108 Å². The first-order valence-electron chi connectivity index (χ1n) is 5.17. The van der Waals surface area contributed by atoms with Gasteiger partial charge in [0.05, 0.1) is 30.2 Å². The number of rotatable bonds is 4. The van der Waals surface area contributed by atoms with E-state index in [0.717, 1.165) is 22.3 Å². The molecule has 0 fully saturated rings. The number of benzene rings is 1. The van der Waals surface area contributed by atoms with Crippen molar-refractivity contribution in [3.05, 3.63) is 46.5 Å². The lowest BCUT2D eigenvalue weighted by Crippen LogP contribution is -1.97. The van der Waals surface area contributed by atoms with Crippen LogP contribution < -0.4 is 4.74 Å². The standard InChI is InChI=1S/C12H13BrN2O2/c1-17-12-3-2-9(4-11(12)13)5-15-6-10(7-16)14-8-15/h2-4,6,8,16H,5,7H2,1H3. The van der Waals surface area contributed by atoms with E-state index >= 15 is 0 Å². The highest BCUT2D eigenvalue weighted by Gasteiger charge is 2.03. The van der Waals surface area contributed by atoms with Crippen LogP contribution in [0, 0.1) is 0 Å². The molecule has 1 heterocycles. The molecular formula is C12H13BrN2O2. The molecule has 90 valence electrons. The van der Waals surface area contributed by atoms with Gasteiger partial charge in [0.25, 0.3) is 0 Å². The maximum Gasteiger partial charge on any atom is 0.133 e. The number of imidazole rings is 1. The largest absolute Gasteiger partial charge is 0.496 e. The molecule has 1 N–H and O–H groups in total. The van der Waals surface area contributed by atoms with Gasteiger partial charge in [-0.2, -0.15) is 0 Å². The van der Waals surface area contributed by atoms with Crippen molar-refractivity contribution >= 4 is 15.9 Å². The average Bonchev–Trinajstić information content (AvgIpc) is 2.77. The van der Waals surface area contributed by atoms with Gasteiger partial charge in [-0.1, -0.05) is 6.07 Å². The lowest BCUT2D eigenvalue weighted by Gasteiger charge is -2.06. The number of aliphatic hydroxyl groups excluding tert-OH is 1. The van der Waals surface area contributed by atoms with E-state index in [1.807, 2.05) is 29.0 Å². The number of hydrogen-bond acceptors (Lipinski definition) is 3. The Morgan fingerprint density at radius 1 is 1.47 bits per heavy atom. The molecule has 0 aliphatic rings. The molecule has 0 amide bonds. The van der Waals surface area contributed by atoms with Crippen molar-refractivity contribution in [3.8, 4) is 5.75 Å². The number of halogens is 1. The maximum atomic E-state index is 8.93. The maximum absolute atomic E-state index is 8.93. The third-order valence-corrected chi connectivity index (χ3v) is 3.05. The van der Waals surface area contributed by atoms with Crippen molar-refractivity contribution in [1.82, 2.24) is 9.55 Å². The predicted molar refractivity (Wildman–Crippen MR) is 67.9 cm³/mol. The zero-order valence-corrected chi connectivity index (χ0v) is 11.0. The first-order chi connectivity index (χ1) is 8.22. The van der Waals surface area contributed by atoms with Crippen molar-refractivity contribution < 1.29 is 9.84 Å². The van der Waals surface area contributed by atoms with Gasteiger partial charge in [0, 0.05) is 12.7 Å². The minimum atomic E-state index is -0.0285. The van der Waals surface area contributed by atoms with E-state index in [4.69, 9.17) is 9.84 Å². The number of methoxy groups -OCH3 is 1. The molecular weight excluding hydrogens is 284 g/mol. The van der Waals surface area contributed by atoms with Gasteiger partial charge in [0.1, 0.15) is 5.75 Å². The molecule has 0 saturated carbocycles. The van der Waals surface area contributed by atoms with Gasteiger partial charge in [-0.15, -0.1) is 0 Å². The van der Waals surface area contributed by atoms with Crippen LogP contribution in [-0.2, 0) is 13.2 Å². The second-order valence-electron chi connectivity index (χ2n) is 3.66. The Morgan fingerprint density at radius 2 is 2.29 bits per heavy atom. The fourth-order valence-electron chi connectivity index (χ4n) is 1.59. The lowest BCUT2D eigenvalue weighted by molar-refractivity contribution is 0.277. The predicted octanol–water partition coefficient (Wildman–Crippen LogP) is 2.19. The Balaban J connectivity index is 2.15. The number of nitrogens with zero attached hydrogens (tertiary/aromatic N) is 2. The molecule has 17 heavy (non-hydrogen) atoms. The molecule has 0 radical (unpaired) electrons. The Kier molecular flexibility index (Phi) is 3.81. The van der Waals surface area contributed by atoms with Gasteiger partial charge < -0.3 is 14.4 Å². The summed E-state index contributed by atoms with van der Waals surface area (Å²) in [6, 6.07) is 5.93. The molecule has 0 aliphatic heterocycles. The zero-order valence-electron chi connectivity index (χ0n) is 9.43. The quantitative estimate of drug-likeness (QED) is 0.941. The SMILES string of the molecule is COc1ccc(Cn2cnc(CO)c2)cc1Br. The monoisotopic (exact) mass is 296 g/mol. The minimum Gasteiger partial charge on any atom is -0.496 e. The van der Waals surface area contributed by atoms with Crippen LogP contribution in [0.3, 0.4) is 0 Å². The molecule has 5 heteroatoms. The van der Waals surface area contributed by atoms with E-state index in [1.165, 1.54) is 0 Å². The molecule has 4 nitrogen and oxygen atoms in total. The van der Waals surface area contributed by atoms with Gasteiger partial charge in [-0.3, -0.25) is 0 Å². The minimum absolute atomic E-state index is 0.0285. The van der Waals surface area contributed by atoms with Gasteiger partial charge in [0.2, 0.25) is 0 Å². The fraction of sp³-hybridized carbons (Fsp3) is 0.250. The molecule has 0 atom stereocenters. The second-order valence-corrected chi connectivity index (χ2v) is 4.52. The van der Waals surface area contributed by atoms with Gasteiger partial charge in [-0.05, 0) is 33.6 Å². The highest BCUT2D eigenvalue weighted by Crippen LogP contribution is 2.25. The van der Waals surface area contributed by atoms with Gasteiger partial charge >= 0.3 is 0 Å². The van der Waals surface area contributed by atoms with Crippen LogP contribution in [0.2, 0.25) is 0 Å². The second kappa shape index (κ2) is 5.33. The number of ether oxygens (including phenoxy) is 1. The topological polar surface area (TPSA) is 47.3 Å². The normalized spacial score (nSPS) is 10.5. The van der Waals surface area contributed by atoms with Crippen molar-refractivity contribution in [2.24, 2.45) is 0 Å². The molecule has 2 aromatic rings. The summed E-state index contributed by atoms with van der Waals surface area (Å²) >= 11 is 3.45. The molecule has 1 aromatic carbocycles. The van der Waals surface area contributed by atoms with Crippen molar-refractivity contribution in [1.29, 1.82) is 0 Å². The van der Waals surface area contributed by atoms with Crippen molar-refractivity contribution in [3.63, 3.8) is 0 Å². The van der Waals surface area contributed by atoms with E-state index in [1.54, 1.807) is 13.4 Å². The fourth-order valence-corrected chi connectivity index (χ4v) is 2.18. The van der Waals surface area contributed by atoms with Crippen LogP contribution in [0.25, 0.3) is 0 Å². The van der Waals surface area contributed by atoms with E-state index in [9.17, 15) is 0 Å². The molecule has 0 bridgehead atoms. The molecule has 2 rings (SSSR count). The molecule has 0 unspecified atom stereocenters. The van der Waals surface area contributed by atoms with Crippen LogP contribution in [0.1, 0.15) is 11.3 Å². The molecule has 0 saturated heterocycles. The van der Waals surface area contributed by atoms with Gasteiger partial charge in [0.15, 0.2) is 0 Å². The van der Waals surface area contributed by atoms with Crippen LogP contribution in [0.5, 0.6) is 5.75 Å². The molecule has 0 aliphatic carbocycles. The number of aliphatic hydroxyl groups is 1. The summed E-state index contributed by atoms with van der Waals surface area (Å²) in [6.07, 6.45) is 3.54. The third-order valence-electron chi connectivity index (χ3n) is 2.43. The highest BCUT2D eigenvalue weighted by molar-refractivity contribution is 9.10. The van der Waals surface area contributed by atoms with E-state index in [0.29, 0.717) is 5.69 Å². The van der Waals surface area contributed by atoms with E-state index in [-0.39, 0.29) is 6.61 Å². The summed E-state index contributed by atoms with van der Waals surface area (Å²) in [5.41, 5.74) is 1.82.